The van der Waals surface area contributed by atoms with E-state index in [9.17, 15) is 14.0 Å². The third-order valence-electron chi connectivity index (χ3n) is 3.98. The van der Waals surface area contributed by atoms with Gasteiger partial charge < -0.3 is 9.88 Å². The smallest absolute Gasteiger partial charge is 0.233 e. The highest BCUT2D eigenvalue weighted by Crippen LogP contribution is 2.18. The number of quaternary nitrogens is 1. The second kappa shape index (κ2) is 6.87. The summed E-state index contributed by atoms with van der Waals surface area (Å²) in [5.74, 6) is -0.389. The minimum absolute atomic E-state index is 0.0534. The van der Waals surface area contributed by atoms with Gasteiger partial charge in [-0.2, -0.15) is 0 Å². The number of benzene rings is 1. The first-order chi connectivity index (χ1) is 10.8. The van der Waals surface area contributed by atoms with Crippen molar-refractivity contribution in [2.45, 2.75) is 27.3 Å². The van der Waals surface area contributed by atoms with Crippen molar-refractivity contribution in [3.63, 3.8) is 0 Å². The molecule has 1 atom stereocenters. The summed E-state index contributed by atoms with van der Waals surface area (Å²) in [6.07, 6.45) is 0. The predicted octanol–water partition coefficient (Wildman–Crippen LogP) is 1.87. The van der Waals surface area contributed by atoms with Gasteiger partial charge in [0, 0.05) is 16.8 Å². The standard InChI is InChI=1S/C18H21FN2O2/c1-11-17(13(3)22)12(2)20-18(11)16(23)10-21(4)9-14-7-5-6-8-15(14)19/h5-8,20H,9-10H2,1-4H3/p+1. The van der Waals surface area contributed by atoms with E-state index in [1.54, 1.807) is 32.0 Å². The molecule has 2 rings (SSSR count). The quantitative estimate of drug-likeness (QED) is 0.799. The Morgan fingerprint density at radius 1 is 1.22 bits per heavy atom. The number of aryl methyl sites for hydroxylation is 1. The maximum absolute atomic E-state index is 13.7. The van der Waals surface area contributed by atoms with E-state index in [1.807, 2.05) is 7.05 Å². The zero-order valence-electron chi connectivity index (χ0n) is 13.9. The van der Waals surface area contributed by atoms with E-state index >= 15 is 0 Å². The van der Waals surface area contributed by atoms with Crippen molar-refractivity contribution >= 4 is 11.6 Å². The maximum atomic E-state index is 13.7. The maximum Gasteiger partial charge on any atom is 0.233 e. The van der Waals surface area contributed by atoms with Crippen molar-refractivity contribution in [2.24, 2.45) is 0 Å². The molecule has 122 valence electrons. The summed E-state index contributed by atoms with van der Waals surface area (Å²) in [6.45, 7) is 5.71. The number of hydrogen-bond acceptors (Lipinski definition) is 2. The van der Waals surface area contributed by atoms with Gasteiger partial charge in [-0.15, -0.1) is 0 Å². The average Bonchev–Trinajstić information content (AvgIpc) is 2.76. The summed E-state index contributed by atoms with van der Waals surface area (Å²) in [5.41, 5.74) is 3.05. The molecule has 2 aromatic rings. The van der Waals surface area contributed by atoms with E-state index in [1.165, 1.54) is 13.0 Å². The summed E-state index contributed by atoms with van der Waals surface area (Å²) >= 11 is 0. The topological polar surface area (TPSA) is 54.4 Å². The molecule has 0 aliphatic heterocycles. The third-order valence-corrected chi connectivity index (χ3v) is 3.98. The van der Waals surface area contributed by atoms with Crippen LogP contribution in [-0.4, -0.2) is 30.1 Å². The lowest BCUT2D eigenvalue weighted by molar-refractivity contribution is -0.885. The highest BCUT2D eigenvalue weighted by molar-refractivity contribution is 6.03. The van der Waals surface area contributed by atoms with Crippen LogP contribution in [0, 0.1) is 19.7 Å². The molecule has 0 bridgehead atoms. The molecule has 0 saturated heterocycles. The number of ketones is 2. The van der Waals surface area contributed by atoms with Crippen LogP contribution in [0.2, 0.25) is 0 Å². The Hall–Kier alpha value is -2.27. The van der Waals surface area contributed by atoms with Crippen molar-refractivity contribution in [1.82, 2.24) is 4.98 Å². The van der Waals surface area contributed by atoms with Crippen LogP contribution >= 0.6 is 0 Å². The van der Waals surface area contributed by atoms with E-state index in [4.69, 9.17) is 0 Å². The number of hydrogen-bond donors (Lipinski definition) is 2. The molecule has 0 amide bonds. The predicted molar refractivity (Wildman–Crippen MR) is 86.5 cm³/mol. The first-order valence-electron chi connectivity index (χ1n) is 7.59. The molecule has 2 N–H and O–H groups in total. The minimum atomic E-state index is -0.259. The van der Waals surface area contributed by atoms with Gasteiger partial charge in [0.05, 0.1) is 12.7 Å². The fraction of sp³-hybridized carbons (Fsp3) is 0.333. The van der Waals surface area contributed by atoms with Gasteiger partial charge in [-0.25, -0.2) is 4.39 Å². The van der Waals surface area contributed by atoms with Crippen LogP contribution in [0.5, 0.6) is 0 Å². The largest absolute Gasteiger partial charge is 0.355 e. The lowest BCUT2D eigenvalue weighted by Gasteiger charge is -2.13. The number of H-pyrrole nitrogens is 1. The van der Waals surface area contributed by atoms with Crippen LogP contribution in [0.4, 0.5) is 4.39 Å². The fourth-order valence-electron chi connectivity index (χ4n) is 2.95. The molecule has 0 spiro atoms. The molecule has 1 aromatic carbocycles. The van der Waals surface area contributed by atoms with Gasteiger partial charge in [0.25, 0.3) is 0 Å². The third kappa shape index (κ3) is 3.74. The molecule has 0 fully saturated rings. The molecule has 5 heteroatoms. The second-order valence-corrected chi connectivity index (χ2v) is 6.01. The first kappa shape index (κ1) is 17.1. The Morgan fingerprint density at radius 3 is 2.43 bits per heavy atom. The van der Waals surface area contributed by atoms with Crippen molar-refractivity contribution in [2.75, 3.05) is 13.6 Å². The van der Waals surface area contributed by atoms with Gasteiger partial charge >= 0.3 is 0 Å². The molecular weight excluding hydrogens is 295 g/mol. The van der Waals surface area contributed by atoms with Crippen molar-refractivity contribution in [1.29, 1.82) is 0 Å². The zero-order chi connectivity index (χ0) is 17.1. The van der Waals surface area contributed by atoms with Gasteiger partial charge in [0.1, 0.15) is 18.9 Å². The summed E-state index contributed by atoms with van der Waals surface area (Å²) < 4.78 is 13.7. The van der Waals surface area contributed by atoms with Crippen LogP contribution in [0.25, 0.3) is 0 Å². The Bertz CT molecular complexity index is 749. The second-order valence-electron chi connectivity index (χ2n) is 6.01. The average molecular weight is 317 g/mol. The number of nitrogens with one attached hydrogen (secondary N) is 2. The Labute approximate surface area is 135 Å². The zero-order valence-corrected chi connectivity index (χ0v) is 13.9. The van der Waals surface area contributed by atoms with E-state index in [2.05, 4.69) is 4.98 Å². The van der Waals surface area contributed by atoms with Crippen molar-refractivity contribution in [3.8, 4) is 0 Å². The Balaban J connectivity index is 2.12. The molecule has 1 aromatic heterocycles. The van der Waals surface area contributed by atoms with Gasteiger partial charge in [0.2, 0.25) is 5.78 Å². The van der Waals surface area contributed by atoms with Crippen LogP contribution in [0.15, 0.2) is 24.3 Å². The summed E-state index contributed by atoms with van der Waals surface area (Å²) in [4.78, 5) is 28.0. The van der Waals surface area contributed by atoms with E-state index in [0.717, 1.165) is 4.90 Å². The highest BCUT2D eigenvalue weighted by atomic mass is 19.1. The summed E-state index contributed by atoms with van der Waals surface area (Å²) in [6, 6.07) is 6.57. The fourth-order valence-corrected chi connectivity index (χ4v) is 2.95. The number of halogens is 1. The minimum Gasteiger partial charge on any atom is -0.355 e. The molecule has 23 heavy (non-hydrogen) atoms. The van der Waals surface area contributed by atoms with E-state index in [-0.39, 0.29) is 23.9 Å². The number of carbonyl (C=O) groups excluding carboxylic acids is 2. The van der Waals surface area contributed by atoms with Gasteiger partial charge in [-0.3, -0.25) is 9.59 Å². The van der Waals surface area contributed by atoms with Crippen LogP contribution in [0.3, 0.4) is 0 Å². The highest BCUT2D eigenvalue weighted by Gasteiger charge is 2.22. The summed E-state index contributed by atoms with van der Waals surface area (Å²) in [7, 11) is 1.85. The lowest BCUT2D eigenvalue weighted by atomic mass is 10.1. The van der Waals surface area contributed by atoms with Gasteiger partial charge in [0.15, 0.2) is 5.78 Å². The Morgan fingerprint density at radius 2 is 1.87 bits per heavy atom. The number of aromatic amines is 1. The number of likely N-dealkylation sites (N-methyl/N-ethyl adjacent to an activating group) is 1. The number of aromatic nitrogens is 1. The van der Waals surface area contributed by atoms with E-state index < -0.39 is 0 Å². The number of Topliss-reactive ketones (excluding diaryl/α,β-unsaturated/α-hetero) is 2. The normalized spacial score (nSPS) is 12.2. The molecule has 0 radical (unpaired) electrons. The first-order valence-corrected chi connectivity index (χ1v) is 7.59. The SMILES string of the molecule is CC(=O)c1c(C)[nH]c(C(=O)C[NH+](C)Cc2ccccc2F)c1C. The van der Waals surface area contributed by atoms with E-state index in [0.29, 0.717) is 34.6 Å². The molecular formula is C18H22FN2O2+. The van der Waals surface area contributed by atoms with Crippen LogP contribution < -0.4 is 4.90 Å². The van der Waals surface area contributed by atoms with Crippen molar-refractivity contribution < 1.29 is 18.9 Å². The monoisotopic (exact) mass is 317 g/mol. The molecule has 0 saturated carbocycles. The molecule has 4 nitrogen and oxygen atoms in total. The summed E-state index contributed by atoms with van der Waals surface area (Å²) in [5, 5.41) is 0. The van der Waals surface area contributed by atoms with Crippen molar-refractivity contribution in [3.05, 3.63) is 58.2 Å². The molecule has 1 unspecified atom stereocenters. The number of rotatable bonds is 6. The molecule has 1 heterocycles. The molecule has 0 aliphatic rings. The van der Waals surface area contributed by atoms with Crippen LogP contribution in [-0.2, 0) is 6.54 Å². The van der Waals surface area contributed by atoms with Gasteiger partial charge in [-0.1, -0.05) is 18.2 Å². The Kier molecular flexibility index (Phi) is 5.11. The lowest BCUT2D eigenvalue weighted by Crippen LogP contribution is -3.08. The van der Waals surface area contributed by atoms with Crippen LogP contribution in [0.1, 0.15) is 44.6 Å². The van der Waals surface area contributed by atoms with Gasteiger partial charge in [-0.05, 0) is 32.4 Å². The molecule has 0 aliphatic carbocycles. The number of carbonyl (C=O) groups is 2.